The van der Waals surface area contributed by atoms with Crippen molar-refractivity contribution in [3.63, 3.8) is 0 Å². The molecule has 0 fully saturated rings. The first-order valence-corrected chi connectivity index (χ1v) is 9.97. The predicted molar refractivity (Wildman–Crippen MR) is 116 cm³/mol. The normalized spacial score (nSPS) is 13.9. The van der Waals surface area contributed by atoms with Crippen molar-refractivity contribution >= 4 is 17.5 Å². The summed E-state index contributed by atoms with van der Waals surface area (Å²) in [6.45, 7) is 3.75. The molecule has 1 aliphatic heterocycles. The molecule has 0 saturated heterocycles. The Morgan fingerprint density at radius 1 is 1.07 bits per heavy atom. The van der Waals surface area contributed by atoms with Crippen LogP contribution in [0.25, 0.3) is 0 Å². The number of carbonyl (C=O) groups excluding carboxylic acids is 2. The lowest BCUT2D eigenvalue weighted by Gasteiger charge is -2.26. The van der Waals surface area contributed by atoms with E-state index >= 15 is 0 Å². The average Bonchev–Trinajstić information content (AvgIpc) is 3.07. The fourth-order valence-corrected chi connectivity index (χ4v) is 3.63. The van der Waals surface area contributed by atoms with Crippen molar-refractivity contribution < 1.29 is 9.59 Å². The van der Waals surface area contributed by atoms with Gasteiger partial charge in [-0.15, -0.1) is 0 Å². The van der Waals surface area contributed by atoms with Crippen molar-refractivity contribution in [2.24, 2.45) is 0 Å². The van der Waals surface area contributed by atoms with Crippen LogP contribution < -0.4 is 15.5 Å². The predicted octanol–water partition coefficient (Wildman–Crippen LogP) is 2.02. The fraction of sp³-hybridized carbons (Fsp3) is 0.391. The van der Waals surface area contributed by atoms with Gasteiger partial charge in [-0.1, -0.05) is 42.0 Å². The van der Waals surface area contributed by atoms with Crippen LogP contribution in [0, 0.1) is 6.92 Å². The second-order valence-electron chi connectivity index (χ2n) is 7.92. The van der Waals surface area contributed by atoms with Gasteiger partial charge in [-0.2, -0.15) is 0 Å². The molecule has 2 aromatic carbocycles. The highest BCUT2D eigenvalue weighted by atomic mass is 16.2. The lowest BCUT2D eigenvalue weighted by atomic mass is 10.0. The van der Waals surface area contributed by atoms with Crippen molar-refractivity contribution in [1.82, 2.24) is 15.5 Å². The standard InChI is InChI=1S/C23H30N4O2/c1-16-5-7-17(8-6-16)14-24-22(28)23(29)25-15-21(26(2)3)18-9-10-20-19(13-18)11-12-27(20)4/h5-10,13,21H,11-12,14-15H2,1-4H3,(H,24,28)(H,25,29)/t21-/m0/s1. The molecule has 0 spiro atoms. The Balaban J connectivity index is 1.56. The Hall–Kier alpha value is -2.86. The summed E-state index contributed by atoms with van der Waals surface area (Å²) in [6.07, 6.45) is 1.04. The van der Waals surface area contributed by atoms with E-state index in [4.69, 9.17) is 0 Å². The van der Waals surface area contributed by atoms with Gasteiger partial charge in [0.05, 0.1) is 6.04 Å². The first kappa shape index (κ1) is 20.9. The van der Waals surface area contributed by atoms with Gasteiger partial charge in [0, 0.05) is 32.4 Å². The third kappa shape index (κ3) is 5.15. The number of hydrogen-bond donors (Lipinski definition) is 2. The van der Waals surface area contributed by atoms with E-state index in [-0.39, 0.29) is 6.04 Å². The van der Waals surface area contributed by atoms with Gasteiger partial charge in [0.2, 0.25) is 0 Å². The Kier molecular flexibility index (Phi) is 6.54. The number of nitrogens with one attached hydrogen (secondary N) is 2. The van der Waals surface area contributed by atoms with Crippen LogP contribution in [0.4, 0.5) is 5.69 Å². The van der Waals surface area contributed by atoms with Gasteiger partial charge < -0.3 is 20.4 Å². The van der Waals surface area contributed by atoms with Crippen molar-refractivity contribution in [3.8, 4) is 0 Å². The Labute approximate surface area is 172 Å². The highest BCUT2D eigenvalue weighted by Gasteiger charge is 2.22. The zero-order chi connectivity index (χ0) is 21.0. The van der Waals surface area contributed by atoms with E-state index in [1.807, 2.05) is 45.3 Å². The number of hydrogen-bond acceptors (Lipinski definition) is 4. The van der Waals surface area contributed by atoms with Gasteiger partial charge in [-0.3, -0.25) is 9.59 Å². The maximum Gasteiger partial charge on any atom is 0.309 e. The van der Waals surface area contributed by atoms with Crippen molar-refractivity contribution in [2.75, 3.05) is 39.1 Å². The minimum Gasteiger partial charge on any atom is -0.374 e. The summed E-state index contributed by atoms with van der Waals surface area (Å²) in [5.74, 6) is -1.22. The Bertz CT molecular complexity index is 877. The molecule has 2 amide bonds. The highest BCUT2D eigenvalue weighted by molar-refractivity contribution is 6.35. The molecule has 0 aromatic heterocycles. The molecule has 29 heavy (non-hydrogen) atoms. The van der Waals surface area contributed by atoms with Crippen LogP contribution in [-0.4, -0.2) is 50.9 Å². The SMILES string of the molecule is Cc1ccc(CNC(=O)C(=O)NC[C@@H](c2ccc3c(c2)CCN3C)N(C)C)cc1. The first-order chi connectivity index (χ1) is 13.8. The molecule has 0 unspecified atom stereocenters. The molecular weight excluding hydrogens is 364 g/mol. The van der Waals surface area contributed by atoms with E-state index in [2.05, 4.69) is 45.7 Å². The summed E-state index contributed by atoms with van der Waals surface area (Å²) in [7, 11) is 6.06. The van der Waals surface area contributed by atoms with Crippen LogP contribution in [0.15, 0.2) is 42.5 Å². The van der Waals surface area contributed by atoms with E-state index in [0.717, 1.165) is 29.7 Å². The molecule has 1 heterocycles. The highest BCUT2D eigenvalue weighted by Crippen LogP contribution is 2.30. The number of rotatable bonds is 6. The monoisotopic (exact) mass is 394 g/mol. The van der Waals surface area contributed by atoms with Crippen LogP contribution in [0.3, 0.4) is 0 Å². The van der Waals surface area contributed by atoms with Crippen LogP contribution >= 0.6 is 0 Å². The quantitative estimate of drug-likeness (QED) is 0.736. The zero-order valence-corrected chi connectivity index (χ0v) is 17.7. The third-order valence-electron chi connectivity index (χ3n) is 5.48. The van der Waals surface area contributed by atoms with Crippen molar-refractivity contribution in [1.29, 1.82) is 0 Å². The lowest BCUT2D eigenvalue weighted by Crippen LogP contribution is -2.42. The summed E-state index contributed by atoms with van der Waals surface area (Å²) in [5, 5.41) is 5.46. The summed E-state index contributed by atoms with van der Waals surface area (Å²) < 4.78 is 0. The van der Waals surface area contributed by atoms with Gasteiger partial charge in [0.25, 0.3) is 0 Å². The first-order valence-electron chi connectivity index (χ1n) is 9.97. The second kappa shape index (κ2) is 9.09. The number of amides is 2. The van der Waals surface area contributed by atoms with E-state index in [1.54, 1.807) is 0 Å². The van der Waals surface area contributed by atoms with Crippen LogP contribution in [-0.2, 0) is 22.6 Å². The molecule has 1 aliphatic rings. The van der Waals surface area contributed by atoms with Gasteiger partial charge >= 0.3 is 11.8 Å². The molecular formula is C23H30N4O2. The minimum atomic E-state index is -0.612. The van der Waals surface area contributed by atoms with Gasteiger partial charge in [-0.05, 0) is 50.2 Å². The van der Waals surface area contributed by atoms with Crippen LogP contribution in [0.2, 0.25) is 0 Å². The maximum atomic E-state index is 12.3. The van der Waals surface area contributed by atoms with E-state index < -0.39 is 11.8 Å². The molecule has 6 nitrogen and oxygen atoms in total. The number of benzene rings is 2. The zero-order valence-electron chi connectivity index (χ0n) is 17.7. The van der Waals surface area contributed by atoms with Gasteiger partial charge in [0.15, 0.2) is 0 Å². The van der Waals surface area contributed by atoms with Crippen LogP contribution in [0.1, 0.15) is 28.3 Å². The number of nitrogens with zero attached hydrogens (tertiary/aromatic N) is 2. The maximum absolute atomic E-state index is 12.3. The molecule has 0 aliphatic carbocycles. The molecule has 2 aromatic rings. The van der Waals surface area contributed by atoms with Gasteiger partial charge in [-0.25, -0.2) is 0 Å². The van der Waals surface area contributed by atoms with Crippen LogP contribution in [0.5, 0.6) is 0 Å². The molecule has 2 N–H and O–H groups in total. The number of fused-ring (bicyclic) bond motifs is 1. The molecule has 6 heteroatoms. The topological polar surface area (TPSA) is 64.7 Å². The molecule has 1 atom stereocenters. The number of aryl methyl sites for hydroxylation is 1. The molecule has 3 rings (SSSR count). The van der Waals surface area contributed by atoms with Gasteiger partial charge in [0.1, 0.15) is 0 Å². The average molecular weight is 395 g/mol. The number of carbonyl (C=O) groups is 2. The Morgan fingerprint density at radius 3 is 2.45 bits per heavy atom. The summed E-state index contributed by atoms with van der Waals surface area (Å²) in [5.41, 5.74) is 5.87. The third-order valence-corrected chi connectivity index (χ3v) is 5.48. The van der Waals surface area contributed by atoms with Crippen molar-refractivity contribution in [2.45, 2.75) is 25.9 Å². The smallest absolute Gasteiger partial charge is 0.309 e. The summed E-state index contributed by atoms with van der Waals surface area (Å²) in [6, 6.07) is 14.3. The fourth-order valence-electron chi connectivity index (χ4n) is 3.63. The van der Waals surface area contributed by atoms with E-state index in [9.17, 15) is 9.59 Å². The summed E-state index contributed by atoms with van der Waals surface area (Å²) >= 11 is 0. The second-order valence-corrected chi connectivity index (χ2v) is 7.92. The van der Waals surface area contributed by atoms with E-state index in [0.29, 0.717) is 13.1 Å². The molecule has 0 radical (unpaired) electrons. The lowest BCUT2D eigenvalue weighted by molar-refractivity contribution is -0.139. The summed E-state index contributed by atoms with van der Waals surface area (Å²) in [4.78, 5) is 28.7. The molecule has 154 valence electrons. The molecule has 0 saturated carbocycles. The number of likely N-dealkylation sites (N-methyl/N-ethyl adjacent to an activating group) is 2. The van der Waals surface area contributed by atoms with Crippen molar-refractivity contribution in [3.05, 3.63) is 64.7 Å². The largest absolute Gasteiger partial charge is 0.374 e. The number of anilines is 1. The Morgan fingerprint density at radius 2 is 1.76 bits per heavy atom. The van der Waals surface area contributed by atoms with E-state index in [1.165, 1.54) is 11.3 Å². The molecule has 0 bridgehead atoms. The minimum absolute atomic E-state index is 0.0000506.